The lowest BCUT2D eigenvalue weighted by Crippen LogP contribution is -2.03. The maximum Gasteiger partial charge on any atom is 0.229 e. The molecule has 2 N–H and O–H groups in total. The Morgan fingerprint density at radius 2 is 1.80 bits per heavy atom. The van der Waals surface area contributed by atoms with Crippen LogP contribution < -0.4 is 15.4 Å². The van der Waals surface area contributed by atoms with Crippen LogP contribution in [-0.2, 0) is 6.42 Å². The average molecular weight is 334 g/mol. The first-order chi connectivity index (χ1) is 12.2. The molecule has 5 nitrogen and oxygen atoms in total. The molecule has 0 aliphatic heterocycles. The number of nitrogens with zero attached hydrogens (tertiary/aromatic N) is 2. The first-order valence-corrected chi connectivity index (χ1v) is 8.29. The van der Waals surface area contributed by atoms with Gasteiger partial charge in [-0.2, -0.15) is 4.98 Å². The molecule has 1 heterocycles. The van der Waals surface area contributed by atoms with Gasteiger partial charge in [-0.05, 0) is 37.1 Å². The fourth-order valence-corrected chi connectivity index (χ4v) is 2.61. The van der Waals surface area contributed by atoms with Gasteiger partial charge in [0, 0.05) is 29.2 Å². The van der Waals surface area contributed by atoms with Gasteiger partial charge in [0.25, 0.3) is 0 Å². The van der Waals surface area contributed by atoms with E-state index in [9.17, 15) is 0 Å². The van der Waals surface area contributed by atoms with Gasteiger partial charge in [0.15, 0.2) is 0 Å². The molecule has 2 aromatic carbocycles. The second kappa shape index (κ2) is 7.66. The molecule has 25 heavy (non-hydrogen) atoms. The fraction of sp³-hybridized carbons (Fsp3) is 0.200. The van der Waals surface area contributed by atoms with E-state index in [2.05, 4.69) is 39.7 Å². The zero-order valence-electron chi connectivity index (χ0n) is 14.7. The lowest BCUT2D eigenvalue weighted by Gasteiger charge is -2.12. The van der Waals surface area contributed by atoms with E-state index in [-0.39, 0.29) is 0 Å². The van der Waals surface area contributed by atoms with Crippen LogP contribution in [0.2, 0.25) is 0 Å². The largest absolute Gasteiger partial charge is 0.497 e. The number of ether oxygens (including phenoxy) is 1. The molecule has 1 aromatic heterocycles. The van der Waals surface area contributed by atoms with Crippen LogP contribution in [0, 0.1) is 6.92 Å². The van der Waals surface area contributed by atoms with Crippen LogP contribution in [0.3, 0.4) is 0 Å². The molecule has 0 spiro atoms. The van der Waals surface area contributed by atoms with Gasteiger partial charge in [0.05, 0.1) is 7.11 Å². The van der Waals surface area contributed by atoms with Gasteiger partial charge in [0.2, 0.25) is 5.95 Å². The molecule has 0 aliphatic carbocycles. The van der Waals surface area contributed by atoms with Crippen molar-refractivity contribution < 1.29 is 4.74 Å². The van der Waals surface area contributed by atoms with E-state index in [1.165, 1.54) is 5.56 Å². The molecule has 3 aromatic rings. The van der Waals surface area contributed by atoms with E-state index >= 15 is 0 Å². The summed E-state index contributed by atoms with van der Waals surface area (Å²) in [5.41, 5.74) is 4.08. The molecule has 0 atom stereocenters. The third-order valence-electron chi connectivity index (χ3n) is 3.84. The summed E-state index contributed by atoms with van der Waals surface area (Å²) in [6.45, 7) is 4.09. The minimum Gasteiger partial charge on any atom is -0.497 e. The second-order valence-electron chi connectivity index (χ2n) is 5.71. The SMILES string of the molecule is CCc1ccccc1Nc1cc(C)nc(Nc2cccc(OC)c2)n1. The van der Waals surface area contributed by atoms with Crippen LogP contribution in [-0.4, -0.2) is 17.1 Å². The van der Waals surface area contributed by atoms with Crippen molar-refractivity contribution >= 4 is 23.1 Å². The molecule has 5 heteroatoms. The number of aromatic nitrogens is 2. The minimum atomic E-state index is 0.546. The number of hydrogen-bond acceptors (Lipinski definition) is 5. The standard InChI is InChI=1S/C20H22N4O/c1-4-15-8-5-6-11-18(15)23-19-12-14(2)21-20(24-19)22-16-9-7-10-17(13-16)25-3/h5-13H,4H2,1-3H3,(H2,21,22,23,24). The monoisotopic (exact) mass is 334 g/mol. The quantitative estimate of drug-likeness (QED) is 0.675. The first kappa shape index (κ1) is 16.8. The molecular weight excluding hydrogens is 312 g/mol. The molecule has 0 bridgehead atoms. The normalized spacial score (nSPS) is 10.4. The molecule has 0 aliphatic rings. The Balaban J connectivity index is 1.85. The van der Waals surface area contributed by atoms with E-state index < -0.39 is 0 Å². The zero-order valence-corrected chi connectivity index (χ0v) is 14.7. The van der Waals surface area contributed by atoms with Gasteiger partial charge >= 0.3 is 0 Å². The molecule has 0 radical (unpaired) electrons. The molecule has 3 rings (SSSR count). The van der Waals surface area contributed by atoms with E-state index in [1.807, 2.05) is 49.4 Å². The van der Waals surface area contributed by atoms with Crippen molar-refractivity contribution in [2.45, 2.75) is 20.3 Å². The Hall–Kier alpha value is -3.08. The first-order valence-electron chi connectivity index (χ1n) is 8.29. The van der Waals surface area contributed by atoms with Gasteiger partial charge < -0.3 is 15.4 Å². The van der Waals surface area contributed by atoms with Crippen molar-refractivity contribution in [1.82, 2.24) is 9.97 Å². The second-order valence-corrected chi connectivity index (χ2v) is 5.71. The lowest BCUT2D eigenvalue weighted by molar-refractivity contribution is 0.415. The van der Waals surface area contributed by atoms with Crippen LogP contribution in [0.4, 0.5) is 23.1 Å². The van der Waals surface area contributed by atoms with Crippen LogP contribution in [0.1, 0.15) is 18.2 Å². The molecule has 0 unspecified atom stereocenters. The topological polar surface area (TPSA) is 59.1 Å². The Kier molecular flexibility index (Phi) is 5.14. The Morgan fingerprint density at radius 1 is 0.960 bits per heavy atom. The van der Waals surface area contributed by atoms with Crippen LogP contribution in [0.15, 0.2) is 54.6 Å². The number of methoxy groups -OCH3 is 1. The maximum absolute atomic E-state index is 5.25. The van der Waals surface area contributed by atoms with Crippen molar-refractivity contribution in [1.29, 1.82) is 0 Å². The maximum atomic E-state index is 5.25. The van der Waals surface area contributed by atoms with E-state index in [0.29, 0.717) is 5.95 Å². The summed E-state index contributed by atoms with van der Waals surface area (Å²) in [6, 6.07) is 17.9. The van der Waals surface area contributed by atoms with Gasteiger partial charge in [-0.25, -0.2) is 4.98 Å². The molecular formula is C20H22N4O. The summed E-state index contributed by atoms with van der Waals surface area (Å²) in [4.78, 5) is 9.05. The lowest BCUT2D eigenvalue weighted by atomic mass is 10.1. The summed E-state index contributed by atoms with van der Waals surface area (Å²) < 4.78 is 5.25. The number of hydrogen-bond donors (Lipinski definition) is 2. The van der Waals surface area contributed by atoms with Crippen LogP contribution >= 0.6 is 0 Å². The predicted octanol–water partition coefficient (Wildman–Crippen LogP) is 4.84. The van der Waals surface area contributed by atoms with Gasteiger partial charge in [-0.3, -0.25) is 0 Å². The van der Waals surface area contributed by atoms with Gasteiger partial charge in [0.1, 0.15) is 11.6 Å². The van der Waals surface area contributed by atoms with Crippen molar-refractivity contribution in [2.24, 2.45) is 0 Å². The van der Waals surface area contributed by atoms with Crippen LogP contribution in [0.25, 0.3) is 0 Å². The highest BCUT2D eigenvalue weighted by molar-refractivity contribution is 5.63. The predicted molar refractivity (Wildman–Crippen MR) is 102 cm³/mol. The number of anilines is 4. The Labute approximate surface area is 148 Å². The molecule has 0 amide bonds. The van der Waals surface area contributed by atoms with E-state index in [1.54, 1.807) is 7.11 Å². The third-order valence-corrected chi connectivity index (χ3v) is 3.84. The summed E-state index contributed by atoms with van der Waals surface area (Å²) >= 11 is 0. The summed E-state index contributed by atoms with van der Waals surface area (Å²) in [5.74, 6) is 2.09. The molecule has 0 saturated carbocycles. The van der Waals surface area contributed by atoms with Crippen molar-refractivity contribution in [3.63, 3.8) is 0 Å². The van der Waals surface area contributed by atoms with E-state index in [0.717, 1.165) is 35.1 Å². The molecule has 128 valence electrons. The highest BCUT2D eigenvalue weighted by Gasteiger charge is 2.06. The zero-order chi connectivity index (χ0) is 17.6. The molecule has 0 fully saturated rings. The number of aryl methyl sites for hydroxylation is 2. The van der Waals surface area contributed by atoms with Gasteiger partial charge in [-0.1, -0.05) is 31.2 Å². The average Bonchev–Trinajstić information content (AvgIpc) is 2.62. The Morgan fingerprint density at radius 3 is 2.60 bits per heavy atom. The number of rotatable bonds is 6. The number of para-hydroxylation sites is 1. The Bertz CT molecular complexity index is 864. The highest BCUT2D eigenvalue weighted by Crippen LogP contribution is 2.23. The number of benzene rings is 2. The molecule has 0 saturated heterocycles. The van der Waals surface area contributed by atoms with Crippen molar-refractivity contribution in [3.05, 3.63) is 65.9 Å². The van der Waals surface area contributed by atoms with Crippen molar-refractivity contribution in [3.8, 4) is 5.75 Å². The smallest absolute Gasteiger partial charge is 0.229 e. The minimum absolute atomic E-state index is 0.546. The van der Waals surface area contributed by atoms with Gasteiger partial charge in [-0.15, -0.1) is 0 Å². The third kappa shape index (κ3) is 4.26. The van der Waals surface area contributed by atoms with E-state index in [4.69, 9.17) is 4.74 Å². The number of nitrogens with one attached hydrogen (secondary N) is 2. The summed E-state index contributed by atoms with van der Waals surface area (Å²) in [6.07, 6.45) is 0.960. The summed E-state index contributed by atoms with van der Waals surface area (Å²) in [7, 11) is 1.65. The summed E-state index contributed by atoms with van der Waals surface area (Å²) in [5, 5.41) is 6.63. The highest BCUT2D eigenvalue weighted by atomic mass is 16.5. The van der Waals surface area contributed by atoms with Crippen molar-refractivity contribution in [2.75, 3.05) is 17.7 Å². The van der Waals surface area contributed by atoms with Crippen LogP contribution in [0.5, 0.6) is 5.75 Å². The fourth-order valence-electron chi connectivity index (χ4n) is 2.61.